The number of hydrogen-bond donors (Lipinski definition) is 1. The first-order valence-electron chi connectivity index (χ1n) is 6.20. The molecule has 2 rings (SSSR count). The number of sulfonamides is 2. The van der Waals surface area contributed by atoms with Gasteiger partial charge in [-0.1, -0.05) is 0 Å². The van der Waals surface area contributed by atoms with Crippen LogP contribution < -0.4 is 4.72 Å². The van der Waals surface area contributed by atoms with Crippen LogP contribution in [0.5, 0.6) is 0 Å². The van der Waals surface area contributed by atoms with Crippen LogP contribution in [0.3, 0.4) is 0 Å². The van der Waals surface area contributed by atoms with E-state index in [0.717, 1.165) is 11.8 Å². The van der Waals surface area contributed by atoms with Gasteiger partial charge in [-0.3, -0.25) is 0 Å². The van der Waals surface area contributed by atoms with Gasteiger partial charge in [-0.15, -0.1) is 0 Å². The highest BCUT2D eigenvalue weighted by molar-refractivity contribution is 7.89. The number of hydrogen-bond acceptors (Lipinski definition) is 5. The predicted octanol–water partition coefficient (Wildman–Crippen LogP) is 0.449. The van der Waals surface area contributed by atoms with Crippen molar-refractivity contribution >= 4 is 31.4 Å². The summed E-state index contributed by atoms with van der Waals surface area (Å²) in [5, 5.41) is 3.79. The Bertz CT molecular complexity index is 637. The van der Waals surface area contributed by atoms with E-state index in [1.54, 1.807) is 0 Å². The molecule has 0 spiro atoms. The fraction of sp³-hybridized carbons (Fsp3) is 0.636. The highest BCUT2D eigenvalue weighted by Gasteiger charge is 2.31. The molecule has 20 heavy (non-hydrogen) atoms. The van der Waals surface area contributed by atoms with Gasteiger partial charge >= 0.3 is 0 Å². The Morgan fingerprint density at radius 2 is 2.15 bits per heavy atom. The van der Waals surface area contributed by atoms with Crippen molar-refractivity contribution in [2.24, 2.45) is 5.92 Å². The average Bonchev–Trinajstić information content (AvgIpc) is 2.95. The molecule has 0 aliphatic carbocycles. The maximum Gasteiger partial charge on any atom is 0.212 e. The predicted molar refractivity (Wildman–Crippen MR) is 79.5 cm³/mol. The molecule has 1 saturated heterocycles. The average molecular weight is 338 g/mol. The SMILES string of the molecule is CS(=O)(=O)N1CC[C@H](CS(=O)(=O)NCc2ccsc2)C1. The lowest BCUT2D eigenvalue weighted by atomic mass is 10.2. The zero-order chi connectivity index (χ0) is 14.8. The second kappa shape index (κ2) is 6.10. The van der Waals surface area contributed by atoms with Gasteiger partial charge in [0.15, 0.2) is 0 Å². The molecule has 1 aromatic heterocycles. The zero-order valence-electron chi connectivity index (χ0n) is 11.1. The number of rotatable bonds is 6. The number of nitrogens with zero attached hydrogens (tertiary/aromatic N) is 1. The Morgan fingerprint density at radius 3 is 2.70 bits per heavy atom. The minimum Gasteiger partial charge on any atom is -0.213 e. The van der Waals surface area contributed by atoms with Crippen LogP contribution in [0, 0.1) is 5.92 Å². The van der Waals surface area contributed by atoms with Crippen LogP contribution in [0.2, 0.25) is 0 Å². The van der Waals surface area contributed by atoms with Crippen LogP contribution in [0.25, 0.3) is 0 Å². The van der Waals surface area contributed by atoms with Crippen molar-refractivity contribution in [2.75, 3.05) is 25.1 Å². The van der Waals surface area contributed by atoms with E-state index < -0.39 is 20.0 Å². The van der Waals surface area contributed by atoms with Gasteiger partial charge in [0.1, 0.15) is 0 Å². The molecule has 0 unspecified atom stereocenters. The first kappa shape index (κ1) is 15.9. The Hall–Kier alpha value is -0.480. The van der Waals surface area contributed by atoms with Crippen molar-refractivity contribution in [1.82, 2.24) is 9.03 Å². The van der Waals surface area contributed by atoms with Crippen LogP contribution in [0.4, 0.5) is 0 Å². The van der Waals surface area contributed by atoms with Crippen LogP contribution >= 0.6 is 11.3 Å². The third kappa shape index (κ3) is 4.52. The van der Waals surface area contributed by atoms with E-state index in [-0.39, 0.29) is 24.8 Å². The second-order valence-electron chi connectivity index (χ2n) is 5.01. The zero-order valence-corrected chi connectivity index (χ0v) is 13.6. The van der Waals surface area contributed by atoms with Crippen LogP contribution in [-0.2, 0) is 26.6 Å². The van der Waals surface area contributed by atoms with Gasteiger partial charge in [-0.25, -0.2) is 25.9 Å². The van der Waals surface area contributed by atoms with Gasteiger partial charge in [0.25, 0.3) is 0 Å². The summed E-state index contributed by atoms with van der Waals surface area (Å²) >= 11 is 1.52. The van der Waals surface area contributed by atoms with Crippen molar-refractivity contribution in [3.63, 3.8) is 0 Å². The van der Waals surface area contributed by atoms with Crippen molar-refractivity contribution in [1.29, 1.82) is 0 Å². The molecule has 2 heterocycles. The molecule has 1 aliphatic rings. The van der Waals surface area contributed by atoms with E-state index in [1.165, 1.54) is 15.6 Å². The molecule has 0 aromatic carbocycles. The topological polar surface area (TPSA) is 83.6 Å². The lowest BCUT2D eigenvalue weighted by Gasteiger charge is -2.13. The molecular formula is C11H18N2O4S3. The Kier molecular flexibility index (Phi) is 4.85. The van der Waals surface area contributed by atoms with E-state index >= 15 is 0 Å². The standard InChI is InChI=1S/C11H18N2O4S3/c1-19(14,15)13-4-2-11(7-13)9-20(16,17)12-6-10-3-5-18-8-10/h3,5,8,11-12H,2,4,6-7,9H2,1H3/t11-/m0/s1. The van der Waals surface area contributed by atoms with Crippen molar-refractivity contribution in [3.8, 4) is 0 Å². The van der Waals surface area contributed by atoms with Gasteiger partial charge in [0.2, 0.25) is 20.0 Å². The molecule has 1 aliphatic heterocycles. The maximum atomic E-state index is 12.0. The molecule has 1 aromatic rings. The molecule has 1 N–H and O–H groups in total. The molecule has 0 bridgehead atoms. The lowest BCUT2D eigenvalue weighted by Crippen LogP contribution is -2.32. The lowest BCUT2D eigenvalue weighted by molar-refractivity contribution is 0.467. The molecule has 1 atom stereocenters. The van der Waals surface area contributed by atoms with E-state index in [1.807, 2.05) is 16.8 Å². The summed E-state index contributed by atoms with van der Waals surface area (Å²) in [6, 6.07) is 1.87. The highest BCUT2D eigenvalue weighted by atomic mass is 32.2. The molecule has 114 valence electrons. The molecular weight excluding hydrogens is 320 g/mol. The molecule has 1 fully saturated rings. The van der Waals surface area contributed by atoms with Crippen LogP contribution in [0.1, 0.15) is 12.0 Å². The first-order chi connectivity index (χ1) is 9.26. The van der Waals surface area contributed by atoms with Gasteiger partial charge in [-0.2, -0.15) is 11.3 Å². The Balaban J connectivity index is 1.86. The minimum absolute atomic E-state index is 0.0246. The molecule has 0 saturated carbocycles. The minimum atomic E-state index is -3.38. The quantitative estimate of drug-likeness (QED) is 0.816. The molecule has 0 radical (unpaired) electrons. The molecule has 0 amide bonds. The first-order valence-corrected chi connectivity index (χ1v) is 10.6. The Morgan fingerprint density at radius 1 is 1.40 bits per heavy atom. The van der Waals surface area contributed by atoms with Gasteiger partial charge in [0.05, 0.1) is 12.0 Å². The van der Waals surface area contributed by atoms with Crippen LogP contribution in [-0.4, -0.2) is 46.2 Å². The Labute approximate surface area is 123 Å². The smallest absolute Gasteiger partial charge is 0.212 e. The van der Waals surface area contributed by atoms with Crippen molar-refractivity contribution in [2.45, 2.75) is 13.0 Å². The molecule has 6 nitrogen and oxygen atoms in total. The summed E-state index contributed by atoms with van der Waals surface area (Å²) in [6.07, 6.45) is 1.74. The van der Waals surface area contributed by atoms with Crippen molar-refractivity contribution in [3.05, 3.63) is 22.4 Å². The van der Waals surface area contributed by atoms with E-state index in [2.05, 4.69) is 4.72 Å². The van der Waals surface area contributed by atoms with Crippen LogP contribution in [0.15, 0.2) is 16.8 Å². The summed E-state index contributed by atoms with van der Waals surface area (Å²) in [4.78, 5) is 0. The third-order valence-electron chi connectivity index (χ3n) is 3.25. The summed E-state index contributed by atoms with van der Waals surface area (Å²) in [7, 11) is -6.60. The molecule has 9 heteroatoms. The summed E-state index contributed by atoms with van der Waals surface area (Å²) in [6.45, 7) is 0.982. The second-order valence-corrected chi connectivity index (χ2v) is 9.62. The fourth-order valence-corrected chi connectivity index (χ4v) is 5.17. The van der Waals surface area contributed by atoms with Gasteiger partial charge in [-0.05, 0) is 34.7 Å². The van der Waals surface area contributed by atoms with E-state index in [0.29, 0.717) is 13.0 Å². The summed E-state index contributed by atoms with van der Waals surface area (Å²) < 4.78 is 50.6. The van der Waals surface area contributed by atoms with E-state index in [9.17, 15) is 16.8 Å². The monoisotopic (exact) mass is 338 g/mol. The number of thiophene rings is 1. The third-order valence-corrected chi connectivity index (χ3v) is 6.75. The normalized spacial score (nSPS) is 21.4. The summed E-state index contributed by atoms with van der Waals surface area (Å²) in [5.41, 5.74) is 0.933. The largest absolute Gasteiger partial charge is 0.213 e. The highest BCUT2D eigenvalue weighted by Crippen LogP contribution is 2.20. The van der Waals surface area contributed by atoms with Gasteiger partial charge < -0.3 is 0 Å². The summed E-state index contributed by atoms with van der Waals surface area (Å²) in [5.74, 6) is -0.159. The number of nitrogens with one attached hydrogen (secondary N) is 1. The maximum absolute atomic E-state index is 12.0. The van der Waals surface area contributed by atoms with E-state index in [4.69, 9.17) is 0 Å². The van der Waals surface area contributed by atoms with Gasteiger partial charge in [0, 0.05) is 19.6 Å². The fourth-order valence-electron chi connectivity index (χ4n) is 2.19. The van der Waals surface area contributed by atoms with Crippen molar-refractivity contribution < 1.29 is 16.8 Å².